The van der Waals surface area contributed by atoms with Crippen molar-refractivity contribution in [3.63, 3.8) is 0 Å². The zero-order chi connectivity index (χ0) is 23.5. The van der Waals surface area contributed by atoms with Gasteiger partial charge in [0.15, 0.2) is 18.1 Å². The van der Waals surface area contributed by atoms with Crippen molar-refractivity contribution in [2.75, 3.05) is 27.7 Å². The zero-order valence-corrected chi connectivity index (χ0v) is 20.2. The maximum Gasteiger partial charge on any atom is 0.192 e. The van der Waals surface area contributed by atoms with Crippen molar-refractivity contribution >= 4 is 22.4 Å². The largest absolute Gasteiger partial charge is 0.497 e. The molecule has 4 rings (SSSR count). The minimum Gasteiger partial charge on any atom is -0.497 e. The van der Waals surface area contributed by atoms with Crippen molar-refractivity contribution in [2.45, 2.75) is 40.3 Å². The summed E-state index contributed by atoms with van der Waals surface area (Å²) in [6.07, 6.45) is 2.78. The van der Waals surface area contributed by atoms with Gasteiger partial charge in [-0.05, 0) is 83.2 Å². The Balaban J connectivity index is 1.54. The Bertz CT molecular complexity index is 1290. The van der Waals surface area contributed by atoms with E-state index in [2.05, 4.69) is 47.7 Å². The van der Waals surface area contributed by atoms with Gasteiger partial charge in [-0.3, -0.25) is 0 Å². The first-order valence-corrected chi connectivity index (χ1v) is 11.0. The Morgan fingerprint density at radius 1 is 1.12 bits per heavy atom. The molecule has 0 fully saturated rings. The summed E-state index contributed by atoms with van der Waals surface area (Å²) < 4.78 is 9.19. The molecule has 0 aliphatic rings. The van der Waals surface area contributed by atoms with E-state index in [1.807, 2.05) is 31.2 Å². The number of hydrogen-bond acceptors (Lipinski definition) is 7. The van der Waals surface area contributed by atoms with Crippen LogP contribution in [0.4, 0.5) is 0 Å². The lowest BCUT2D eigenvalue weighted by Crippen LogP contribution is -2.15. The van der Waals surface area contributed by atoms with E-state index in [0.717, 1.165) is 53.2 Å². The van der Waals surface area contributed by atoms with Gasteiger partial charge >= 0.3 is 0 Å². The fourth-order valence-electron chi connectivity index (χ4n) is 3.93. The monoisotopic (exact) mass is 449 g/mol. The van der Waals surface area contributed by atoms with E-state index in [-0.39, 0.29) is 6.61 Å². The van der Waals surface area contributed by atoms with Gasteiger partial charge < -0.3 is 19.0 Å². The average Bonchev–Trinajstić information content (AvgIpc) is 3.32. The summed E-state index contributed by atoms with van der Waals surface area (Å²) in [7, 11) is 5.83. The minimum absolute atomic E-state index is 0.179. The average molecular weight is 450 g/mol. The van der Waals surface area contributed by atoms with Crippen LogP contribution in [0.1, 0.15) is 36.0 Å². The SMILES string of the molecule is COc1ccc(/C(C)=N\OCc2nc3c4c(C)c(C)n(CCCN(C)C)c4ncn3n2)cc1. The summed E-state index contributed by atoms with van der Waals surface area (Å²) >= 11 is 0. The van der Waals surface area contributed by atoms with E-state index >= 15 is 0 Å². The molecule has 0 saturated carbocycles. The summed E-state index contributed by atoms with van der Waals surface area (Å²) in [6, 6.07) is 7.68. The van der Waals surface area contributed by atoms with E-state index in [4.69, 9.17) is 19.5 Å². The molecule has 0 amide bonds. The number of nitrogens with zero attached hydrogens (tertiary/aromatic N) is 7. The van der Waals surface area contributed by atoms with Crippen LogP contribution in [0.3, 0.4) is 0 Å². The van der Waals surface area contributed by atoms with Crippen LogP contribution >= 0.6 is 0 Å². The lowest BCUT2D eigenvalue weighted by Gasteiger charge is -2.11. The highest BCUT2D eigenvalue weighted by Crippen LogP contribution is 2.27. The molecule has 9 nitrogen and oxygen atoms in total. The fourth-order valence-corrected chi connectivity index (χ4v) is 3.93. The Hall–Kier alpha value is -3.46. The Labute approximate surface area is 193 Å². The highest BCUT2D eigenvalue weighted by atomic mass is 16.6. The first-order valence-electron chi connectivity index (χ1n) is 11.0. The molecule has 0 saturated heterocycles. The predicted molar refractivity (Wildman–Crippen MR) is 129 cm³/mol. The van der Waals surface area contributed by atoms with Crippen LogP contribution in [-0.2, 0) is 18.0 Å². The molecule has 0 atom stereocenters. The van der Waals surface area contributed by atoms with E-state index < -0.39 is 0 Å². The van der Waals surface area contributed by atoms with Gasteiger partial charge in [-0.1, -0.05) is 5.16 Å². The molecule has 1 aromatic carbocycles. The van der Waals surface area contributed by atoms with Gasteiger partial charge in [0.2, 0.25) is 0 Å². The zero-order valence-electron chi connectivity index (χ0n) is 20.2. The van der Waals surface area contributed by atoms with Crippen LogP contribution in [0.2, 0.25) is 0 Å². The summed E-state index contributed by atoms with van der Waals surface area (Å²) in [5, 5.41) is 9.80. The number of methoxy groups -OCH3 is 1. The summed E-state index contributed by atoms with van der Waals surface area (Å²) in [5.41, 5.74) is 5.87. The van der Waals surface area contributed by atoms with Crippen LogP contribution in [-0.4, -0.2) is 62.5 Å². The second-order valence-electron chi connectivity index (χ2n) is 8.44. The third kappa shape index (κ3) is 4.68. The van der Waals surface area contributed by atoms with Crippen molar-refractivity contribution in [2.24, 2.45) is 5.16 Å². The number of benzene rings is 1. The lowest BCUT2D eigenvalue weighted by molar-refractivity contribution is 0.125. The quantitative estimate of drug-likeness (QED) is 0.287. The number of hydrogen-bond donors (Lipinski definition) is 0. The topological polar surface area (TPSA) is 82.1 Å². The second-order valence-corrected chi connectivity index (χ2v) is 8.44. The van der Waals surface area contributed by atoms with Gasteiger partial charge in [-0.2, -0.15) is 0 Å². The molecule has 9 heteroatoms. The fraction of sp³-hybridized carbons (Fsp3) is 0.417. The summed E-state index contributed by atoms with van der Waals surface area (Å²) in [5.74, 6) is 1.37. The van der Waals surface area contributed by atoms with Crippen LogP contribution in [0.25, 0.3) is 16.7 Å². The third-order valence-electron chi connectivity index (χ3n) is 5.88. The van der Waals surface area contributed by atoms with E-state index in [9.17, 15) is 0 Å². The molecule has 0 unspecified atom stereocenters. The first-order chi connectivity index (χ1) is 15.9. The van der Waals surface area contributed by atoms with Crippen LogP contribution < -0.4 is 4.74 Å². The van der Waals surface area contributed by atoms with Gasteiger partial charge in [-0.15, -0.1) is 5.10 Å². The van der Waals surface area contributed by atoms with Gasteiger partial charge in [0, 0.05) is 12.2 Å². The molecule has 0 N–H and O–H groups in total. The van der Waals surface area contributed by atoms with Gasteiger partial charge in [-0.25, -0.2) is 14.5 Å². The third-order valence-corrected chi connectivity index (χ3v) is 5.88. The molecule has 174 valence electrons. The normalized spacial score (nSPS) is 12.3. The van der Waals surface area contributed by atoms with Crippen molar-refractivity contribution < 1.29 is 9.57 Å². The smallest absolute Gasteiger partial charge is 0.192 e. The van der Waals surface area contributed by atoms with Crippen LogP contribution in [0, 0.1) is 13.8 Å². The van der Waals surface area contributed by atoms with Crippen LogP contribution in [0.15, 0.2) is 35.7 Å². The first kappa shape index (κ1) is 22.7. The van der Waals surface area contributed by atoms with Crippen molar-refractivity contribution in [3.8, 4) is 5.75 Å². The highest BCUT2D eigenvalue weighted by Gasteiger charge is 2.18. The van der Waals surface area contributed by atoms with Gasteiger partial charge in [0.25, 0.3) is 0 Å². The molecule has 0 aliphatic carbocycles. The maximum atomic E-state index is 5.56. The van der Waals surface area contributed by atoms with E-state index in [1.54, 1.807) is 18.0 Å². The number of fused-ring (bicyclic) bond motifs is 3. The molecular formula is C24H31N7O2. The van der Waals surface area contributed by atoms with Crippen molar-refractivity contribution in [3.05, 3.63) is 53.2 Å². The molecular weight excluding hydrogens is 418 g/mol. The Kier molecular flexibility index (Phi) is 6.60. The Morgan fingerprint density at radius 2 is 1.88 bits per heavy atom. The number of aromatic nitrogens is 5. The maximum absolute atomic E-state index is 5.56. The summed E-state index contributed by atoms with van der Waals surface area (Å²) in [6.45, 7) is 8.29. The number of oxime groups is 1. The predicted octanol–water partition coefficient (Wildman–Crippen LogP) is 3.60. The molecule has 0 bridgehead atoms. The van der Waals surface area contributed by atoms with Crippen LogP contribution in [0.5, 0.6) is 5.75 Å². The van der Waals surface area contributed by atoms with Gasteiger partial charge in [0.1, 0.15) is 17.7 Å². The highest BCUT2D eigenvalue weighted by molar-refractivity contribution is 5.98. The minimum atomic E-state index is 0.179. The molecule has 0 aliphatic heterocycles. The van der Waals surface area contributed by atoms with Crippen molar-refractivity contribution in [1.29, 1.82) is 0 Å². The molecule has 3 heterocycles. The standard InChI is InChI=1S/C24H31N7O2/c1-16-18(3)30(13-7-12-29(4)5)23-22(16)24-26-21(27-31(24)15-25-23)14-33-28-17(2)19-8-10-20(32-6)11-9-19/h8-11,15H,7,12-14H2,1-6H3/b28-17-. The number of ether oxygens (including phenoxy) is 1. The summed E-state index contributed by atoms with van der Waals surface area (Å²) in [4.78, 5) is 17.2. The van der Waals surface area contributed by atoms with Crippen molar-refractivity contribution in [1.82, 2.24) is 29.0 Å². The van der Waals surface area contributed by atoms with Gasteiger partial charge in [0.05, 0.1) is 18.2 Å². The number of aryl methyl sites for hydroxylation is 2. The Morgan fingerprint density at radius 3 is 2.58 bits per heavy atom. The molecule has 4 aromatic rings. The molecule has 33 heavy (non-hydrogen) atoms. The molecule has 0 spiro atoms. The molecule has 0 radical (unpaired) electrons. The van der Waals surface area contributed by atoms with E-state index in [1.165, 1.54) is 11.3 Å². The van der Waals surface area contributed by atoms with E-state index in [0.29, 0.717) is 5.82 Å². The lowest BCUT2D eigenvalue weighted by atomic mass is 10.1. The second kappa shape index (κ2) is 9.58. The molecule has 3 aromatic heterocycles. The number of rotatable bonds is 9.